The second kappa shape index (κ2) is 5.24. The molecule has 0 saturated heterocycles. The van der Waals surface area contributed by atoms with E-state index in [0.717, 1.165) is 20.7 Å². The second-order valence-corrected chi connectivity index (χ2v) is 5.27. The molecule has 0 unspecified atom stereocenters. The maximum Gasteiger partial charge on any atom is 0.141 e. The first-order valence-electron chi connectivity index (χ1n) is 6.03. The molecular formula is C16H10N2OS. The fourth-order valence-electron chi connectivity index (χ4n) is 1.99. The third-order valence-electron chi connectivity index (χ3n) is 2.91. The van der Waals surface area contributed by atoms with Gasteiger partial charge in [-0.05, 0) is 29.7 Å². The van der Waals surface area contributed by atoms with Gasteiger partial charge in [-0.1, -0.05) is 42.1 Å². The number of aromatic nitrogens is 1. The van der Waals surface area contributed by atoms with Crippen LogP contribution >= 0.6 is 11.8 Å². The quantitative estimate of drug-likeness (QED) is 0.770. The van der Waals surface area contributed by atoms with Gasteiger partial charge in [-0.2, -0.15) is 5.26 Å². The molecule has 0 amide bonds. The number of fused-ring (bicyclic) bond motifs is 1. The number of pyridine rings is 1. The lowest BCUT2D eigenvalue weighted by Gasteiger charge is -2.07. The van der Waals surface area contributed by atoms with Crippen molar-refractivity contribution in [1.82, 2.24) is 4.98 Å². The van der Waals surface area contributed by atoms with Gasteiger partial charge in [0.25, 0.3) is 0 Å². The van der Waals surface area contributed by atoms with Crippen molar-refractivity contribution >= 4 is 22.5 Å². The zero-order valence-corrected chi connectivity index (χ0v) is 11.3. The molecular weight excluding hydrogens is 268 g/mol. The van der Waals surface area contributed by atoms with Crippen molar-refractivity contribution in [3.8, 4) is 11.8 Å². The third-order valence-corrected chi connectivity index (χ3v) is 3.93. The van der Waals surface area contributed by atoms with Crippen LogP contribution in [0.25, 0.3) is 10.8 Å². The van der Waals surface area contributed by atoms with Crippen LogP contribution < -0.4 is 0 Å². The average Bonchev–Trinajstić information content (AvgIpc) is 2.51. The van der Waals surface area contributed by atoms with E-state index in [9.17, 15) is 5.11 Å². The largest absolute Gasteiger partial charge is 0.507 e. The van der Waals surface area contributed by atoms with Crippen molar-refractivity contribution in [3.63, 3.8) is 0 Å². The van der Waals surface area contributed by atoms with Gasteiger partial charge < -0.3 is 5.11 Å². The number of phenolic OH excluding ortho intramolecular Hbond substituents is 1. The van der Waals surface area contributed by atoms with Gasteiger partial charge in [0.05, 0.1) is 0 Å². The number of benzene rings is 2. The van der Waals surface area contributed by atoms with Crippen molar-refractivity contribution in [2.75, 3.05) is 0 Å². The van der Waals surface area contributed by atoms with E-state index >= 15 is 0 Å². The average molecular weight is 278 g/mol. The van der Waals surface area contributed by atoms with Gasteiger partial charge in [0.2, 0.25) is 0 Å². The van der Waals surface area contributed by atoms with E-state index in [2.05, 4.69) is 4.98 Å². The normalized spacial score (nSPS) is 10.3. The lowest BCUT2D eigenvalue weighted by atomic mass is 10.1. The summed E-state index contributed by atoms with van der Waals surface area (Å²) in [5.41, 5.74) is 0.401. The fourth-order valence-corrected chi connectivity index (χ4v) is 2.93. The Bertz CT molecular complexity index is 824. The summed E-state index contributed by atoms with van der Waals surface area (Å²) in [6.07, 6.45) is 0. The standard InChI is InChI=1S/C16H10N2OS/c17-10-11-4-3-7-16(18-11)20-15-9-8-14(19)12-5-1-2-6-13(12)15/h1-9,19H. The molecule has 0 spiro atoms. The summed E-state index contributed by atoms with van der Waals surface area (Å²) in [7, 11) is 0. The number of hydrogen-bond donors (Lipinski definition) is 1. The van der Waals surface area contributed by atoms with E-state index in [1.54, 1.807) is 12.1 Å². The molecule has 2 aromatic carbocycles. The molecule has 0 atom stereocenters. The summed E-state index contributed by atoms with van der Waals surface area (Å²) in [5, 5.41) is 21.3. The fraction of sp³-hybridized carbons (Fsp3) is 0. The minimum atomic E-state index is 0.267. The molecule has 0 bridgehead atoms. The molecule has 0 aliphatic rings. The summed E-state index contributed by atoms with van der Waals surface area (Å²) in [5.74, 6) is 0.267. The van der Waals surface area contributed by atoms with Crippen molar-refractivity contribution in [2.45, 2.75) is 9.92 Å². The van der Waals surface area contributed by atoms with Crippen LogP contribution in [0.15, 0.2) is 64.5 Å². The van der Waals surface area contributed by atoms with Gasteiger partial charge in [-0.3, -0.25) is 0 Å². The van der Waals surface area contributed by atoms with Crippen molar-refractivity contribution in [3.05, 3.63) is 60.3 Å². The summed E-state index contributed by atoms with van der Waals surface area (Å²) in [4.78, 5) is 5.26. The molecule has 96 valence electrons. The Morgan fingerprint density at radius 2 is 1.75 bits per heavy atom. The number of aromatic hydroxyl groups is 1. The van der Waals surface area contributed by atoms with Crippen LogP contribution in [0.2, 0.25) is 0 Å². The Morgan fingerprint density at radius 3 is 2.55 bits per heavy atom. The number of nitrogens with zero attached hydrogens (tertiary/aromatic N) is 2. The van der Waals surface area contributed by atoms with Crippen LogP contribution in [0, 0.1) is 11.3 Å². The molecule has 3 rings (SSSR count). The minimum absolute atomic E-state index is 0.267. The van der Waals surface area contributed by atoms with E-state index < -0.39 is 0 Å². The zero-order valence-electron chi connectivity index (χ0n) is 10.4. The highest BCUT2D eigenvalue weighted by Gasteiger charge is 2.07. The molecule has 4 heteroatoms. The van der Waals surface area contributed by atoms with Gasteiger partial charge in [0.1, 0.15) is 22.5 Å². The molecule has 1 aromatic heterocycles. The van der Waals surface area contributed by atoms with Crippen molar-refractivity contribution in [1.29, 1.82) is 5.26 Å². The first-order chi connectivity index (χ1) is 9.78. The number of nitriles is 1. The van der Waals surface area contributed by atoms with Crippen LogP contribution in [-0.2, 0) is 0 Å². The van der Waals surface area contributed by atoms with Crippen LogP contribution in [0.4, 0.5) is 0 Å². The Balaban J connectivity index is 2.07. The summed E-state index contributed by atoms with van der Waals surface area (Å²) in [6, 6.07) is 18.6. The Labute approximate surface area is 120 Å². The third kappa shape index (κ3) is 2.31. The maximum absolute atomic E-state index is 9.88. The summed E-state index contributed by atoms with van der Waals surface area (Å²) in [6.45, 7) is 0. The monoisotopic (exact) mass is 278 g/mol. The first-order valence-corrected chi connectivity index (χ1v) is 6.85. The molecule has 1 N–H and O–H groups in total. The topological polar surface area (TPSA) is 56.9 Å². The number of phenols is 1. The minimum Gasteiger partial charge on any atom is -0.507 e. The van der Waals surface area contributed by atoms with Gasteiger partial charge in [0, 0.05) is 10.3 Å². The first kappa shape index (κ1) is 12.5. The predicted molar refractivity (Wildman–Crippen MR) is 78.7 cm³/mol. The number of rotatable bonds is 2. The molecule has 3 nitrogen and oxygen atoms in total. The van der Waals surface area contributed by atoms with Crippen molar-refractivity contribution in [2.24, 2.45) is 0 Å². The van der Waals surface area contributed by atoms with E-state index in [4.69, 9.17) is 5.26 Å². The molecule has 0 aliphatic carbocycles. The maximum atomic E-state index is 9.88. The molecule has 0 saturated carbocycles. The van der Waals surface area contributed by atoms with Gasteiger partial charge in [-0.25, -0.2) is 4.98 Å². The van der Waals surface area contributed by atoms with Gasteiger partial charge in [-0.15, -0.1) is 0 Å². The van der Waals surface area contributed by atoms with Crippen LogP contribution in [0.3, 0.4) is 0 Å². The van der Waals surface area contributed by atoms with E-state index in [1.807, 2.05) is 48.5 Å². The summed E-state index contributed by atoms with van der Waals surface area (Å²) >= 11 is 1.48. The van der Waals surface area contributed by atoms with Gasteiger partial charge >= 0.3 is 0 Å². The van der Waals surface area contributed by atoms with Crippen molar-refractivity contribution < 1.29 is 5.11 Å². The lowest BCUT2D eigenvalue weighted by molar-refractivity contribution is 0.481. The molecule has 0 fully saturated rings. The SMILES string of the molecule is N#Cc1cccc(Sc2ccc(O)c3ccccc23)n1. The smallest absolute Gasteiger partial charge is 0.141 e. The van der Waals surface area contributed by atoms with Crippen LogP contribution in [0.5, 0.6) is 5.75 Å². The molecule has 0 aliphatic heterocycles. The highest BCUT2D eigenvalue weighted by molar-refractivity contribution is 7.99. The van der Waals surface area contributed by atoms with Gasteiger partial charge in [0.15, 0.2) is 0 Å². The molecule has 20 heavy (non-hydrogen) atoms. The number of hydrogen-bond acceptors (Lipinski definition) is 4. The van der Waals surface area contributed by atoms with E-state index in [1.165, 1.54) is 11.8 Å². The van der Waals surface area contributed by atoms with E-state index in [0.29, 0.717) is 5.69 Å². The van der Waals surface area contributed by atoms with Crippen LogP contribution in [-0.4, -0.2) is 10.1 Å². The Kier molecular flexibility index (Phi) is 3.28. The molecule has 1 heterocycles. The highest BCUT2D eigenvalue weighted by atomic mass is 32.2. The Morgan fingerprint density at radius 1 is 0.950 bits per heavy atom. The Hall–Kier alpha value is -2.51. The lowest BCUT2D eigenvalue weighted by Crippen LogP contribution is -1.85. The predicted octanol–water partition coefficient (Wildman–Crippen LogP) is 3.96. The summed E-state index contributed by atoms with van der Waals surface area (Å²) < 4.78 is 0. The molecule has 3 aromatic rings. The highest BCUT2D eigenvalue weighted by Crippen LogP contribution is 2.36. The molecule has 0 radical (unpaired) electrons. The second-order valence-electron chi connectivity index (χ2n) is 4.20. The zero-order chi connectivity index (χ0) is 13.9. The van der Waals surface area contributed by atoms with Crippen LogP contribution in [0.1, 0.15) is 5.69 Å². The van der Waals surface area contributed by atoms with E-state index in [-0.39, 0.29) is 5.75 Å².